The first-order valence-corrected chi connectivity index (χ1v) is 6.94. The maximum atomic E-state index is 9.61. The van der Waals surface area contributed by atoms with Gasteiger partial charge in [0.05, 0.1) is 13.2 Å². The molecule has 1 aromatic heterocycles. The number of aliphatic hydroxyl groups is 1. The van der Waals surface area contributed by atoms with Gasteiger partial charge in [-0.3, -0.25) is 0 Å². The van der Waals surface area contributed by atoms with Crippen molar-refractivity contribution in [2.75, 3.05) is 45.4 Å². The van der Waals surface area contributed by atoms with Crippen LogP contribution in [0.1, 0.15) is 23.2 Å². The molecule has 0 saturated heterocycles. The summed E-state index contributed by atoms with van der Waals surface area (Å²) in [6, 6.07) is 2.00. The van der Waals surface area contributed by atoms with Gasteiger partial charge >= 0.3 is 0 Å². The number of methoxy groups -OCH3 is 2. The molecule has 0 amide bonds. The van der Waals surface area contributed by atoms with Crippen LogP contribution in [-0.4, -0.2) is 50.6 Å². The van der Waals surface area contributed by atoms with Crippen molar-refractivity contribution in [3.63, 3.8) is 0 Å². The van der Waals surface area contributed by atoms with E-state index < -0.39 is 0 Å². The molecule has 5 heteroatoms. The molecule has 5 nitrogen and oxygen atoms in total. The Hall–Kier alpha value is -1.17. The zero-order valence-electron chi connectivity index (χ0n) is 13.0. The Morgan fingerprint density at radius 3 is 2.45 bits per heavy atom. The summed E-state index contributed by atoms with van der Waals surface area (Å²) in [5.41, 5.74) is 2.93. The van der Waals surface area contributed by atoms with Crippen molar-refractivity contribution in [2.45, 2.75) is 26.9 Å². The highest BCUT2D eigenvalue weighted by atomic mass is 16.5. The van der Waals surface area contributed by atoms with E-state index in [4.69, 9.17) is 9.47 Å². The van der Waals surface area contributed by atoms with E-state index in [0.717, 1.165) is 42.1 Å². The molecule has 0 bridgehead atoms. The highest BCUT2D eigenvalue weighted by molar-refractivity contribution is 5.51. The first kappa shape index (κ1) is 16.9. The van der Waals surface area contributed by atoms with Crippen molar-refractivity contribution in [2.24, 2.45) is 0 Å². The van der Waals surface area contributed by atoms with E-state index in [1.165, 1.54) is 0 Å². The van der Waals surface area contributed by atoms with Crippen molar-refractivity contribution >= 4 is 5.82 Å². The van der Waals surface area contributed by atoms with Crippen molar-refractivity contribution in [1.29, 1.82) is 0 Å². The van der Waals surface area contributed by atoms with Gasteiger partial charge in [0.2, 0.25) is 0 Å². The second kappa shape index (κ2) is 8.89. The van der Waals surface area contributed by atoms with Crippen LogP contribution in [0, 0.1) is 13.8 Å². The molecule has 0 radical (unpaired) electrons. The fourth-order valence-electron chi connectivity index (χ4n) is 2.23. The molecule has 0 fully saturated rings. The maximum Gasteiger partial charge on any atom is 0.134 e. The number of pyridine rings is 1. The number of aryl methyl sites for hydroxylation is 2. The molecule has 1 aromatic rings. The zero-order chi connectivity index (χ0) is 15.0. The number of aromatic nitrogens is 1. The van der Waals surface area contributed by atoms with Crippen LogP contribution in [0.25, 0.3) is 0 Å². The summed E-state index contributed by atoms with van der Waals surface area (Å²) in [4.78, 5) is 6.77. The van der Waals surface area contributed by atoms with E-state index in [1.54, 1.807) is 14.2 Å². The molecular formula is C15H26N2O3. The van der Waals surface area contributed by atoms with Crippen molar-refractivity contribution in [3.05, 3.63) is 22.9 Å². The van der Waals surface area contributed by atoms with Crippen LogP contribution >= 0.6 is 0 Å². The molecule has 0 atom stereocenters. The fourth-order valence-corrected chi connectivity index (χ4v) is 2.23. The van der Waals surface area contributed by atoms with Crippen LogP contribution in [0.4, 0.5) is 5.82 Å². The molecule has 114 valence electrons. The van der Waals surface area contributed by atoms with E-state index in [2.05, 4.69) is 9.88 Å². The third kappa shape index (κ3) is 4.74. The lowest BCUT2D eigenvalue weighted by Crippen LogP contribution is -2.31. The lowest BCUT2D eigenvalue weighted by molar-refractivity contribution is 0.190. The third-order valence-corrected chi connectivity index (χ3v) is 3.25. The van der Waals surface area contributed by atoms with Gasteiger partial charge in [0, 0.05) is 45.2 Å². The molecule has 0 aliphatic carbocycles. The molecule has 20 heavy (non-hydrogen) atoms. The molecule has 0 spiro atoms. The summed E-state index contributed by atoms with van der Waals surface area (Å²) >= 11 is 0. The van der Waals surface area contributed by atoms with Crippen molar-refractivity contribution in [3.8, 4) is 0 Å². The van der Waals surface area contributed by atoms with E-state index in [0.29, 0.717) is 13.2 Å². The van der Waals surface area contributed by atoms with Gasteiger partial charge in [0.15, 0.2) is 0 Å². The van der Waals surface area contributed by atoms with Gasteiger partial charge < -0.3 is 19.5 Å². The van der Waals surface area contributed by atoms with Gasteiger partial charge in [-0.05, 0) is 31.9 Å². The number of hydrogen-bond donors (Lipinski definition) is 1. The standard InChI is InChI=1S/C15H26N2O3/c1-12-10-13(2)16-15(14(12)11-18)17(7-9-20-4)6-5-8-19-3/h10,18H,5-9,11H2,1-4H3. The van der Waals surface area contributed by atoms with Gasteiger partial charge in [0.1, 0.15) is 5.82 Å². The highest BCUT2D eigenvalue weighted by Crippen LogP contribution is 2.22. The van der Waals surface area contributed by atoms with E-state index in [1.807, 2.05) is 19.9 Å². The molecule has 1 heterocycles. The van der Waals surface area contributed by atoms with Crippen LogP contribution in [-0.2, 0) is 16.1 Å². The molecule has 0 unspecified atom stereocenters. The zero-order valence-corrected chi connectivity index (χ0v) is 13.0. The van der Waals surface area contributed by atoms with E-state index in [9.17, 15) is 5.11 Å². The van der Waals surface area contributed by atoms with Gasteiger partial charge in [0.25, 0.3) is 0 Å². The maximum absolute atomic E-state index is 9.61. The predicted molar refractivity (Wildman–Crippen MR) is 80.2 cm³/mol. The first-order valence-electron chi connectivity index (χ1n) is 6.94. The van der Waals surface area contributed by atoms with Gasteiger partial charge in [-0.25, -0.2) is 4.98 Å². The number of nitrogens with zero attached hydrogens (tertiary/aromatic N) is 2. The average molecular weight is 282 g/mol. The lowest BCUT2D eigenvalue weighted by Gasteiger charge is -2.26. The summed E-state index contributed by atoms with van der Waals surface area (Å²) in [5, 5.41) is 9.61. The fraction of sp³-hybridized carbons (Fsp3) is 0.667. The highest BCUT2D eigenvalue weighted by Gasteiger charge is 2.15. The topological polar surface area (TPSA) is 54.8 Å². The van der Waals surface area contributed by atoms with Gasteiger partial charge in [-0.15, -0.1) is 0 Å². The van der Waals surface area contributed by atoms with Crippen LogP contribution < -0.4 is 4.90 Å². The average Bonchev–Trinajstić information content (AvgIpc) is 2.42. The second-order valence-corrected chi connectivity index (χ2v) is 4.87. The smallest absolute Gasteiger partial charge is 0.134 e. The van der Waals surface area contributed by atoms with Crippen LogP contribution in [0.5, 0.6) is 0 Å². The van der Waals surface area contributed by atoms with Crippen molar-refractivity contribution in [1.82, 2.24) is 4.98 Å². The molecule has 0 aromatic carbocycles. The van der Waals surface area contributed by atoms with Gasteiger partial charge in [-0.2, -0.15) is 0 Å². The van der Waals surface area contributed by atoms with Crippen LogP contribution in [0.15, 0.2) is 6.07 Å². The van der Waals surface area contributed by atoms with Crippen molar-refractivity contribution < 1.29 is 14.6 Å². The summed E-state index contributed by atoms with van der Waals surface area (Å²) in [6.07, 6.45) is 0.916. The Labute approximate surface area is 121 Å². The molecule has 1 rings (SSSR count). The monoisotopic (exact) mass is 282 g/mol. The van der Waals surface area contributed by atoms with Gasteiger partial charge in [-0.1, -0.05) is 0 Å². The second-order valence-electron chi connectivity index (χ2n) is 4.87. The Morgan fingerprint density at radius 1 is 1.15 bits per heavy atom. The number of aliphatic hydroxyl groups excluding tert-OH is 1. The van der Waals surface area contributed by atoms with E-state index >= 15 is 0 Å². The Balaban J connectivity index is 2.98. The largest absolute Gasteiger partial charge is 0.392 e. The number of ether oxygens (including phenoxy) is 2. The first-order chi connectivity index (χ1) is 9.63. The minimum absolute atomic E-state index is 0.00219. The molecule has 1 N–H and O–H groups in total. The summed E-state index contributed by atoms with van der Waals surface area (Å²) in [5.74, 6) is 0.859. The number of hydrogen-bond acceptors (Lipinski definition) is 5. The number of anilines is 1. The van der Waals surface area contributed by atoms with Crippen LogP contribution in [0.3, 0.4) is 0 Å². The SMILES string of the molecule is COCCCN(CCOC)c1nc(C)cc(C)c1CO. The summed E-state index contributed by atoms with van der Waals surface area (Å²) in [7, 11) is 3.39. The third-order valence-electron chi connectivity index (χ3n) is 3.25. The Kier molecular flexibility index (Phi) is 7.51. The summed E-state index contributed by atoms with van der Waals surface area (Å²) < 4.78 is 10.3. The molecule has 0 aliphatic rings. The Bertz CT molecular complexity index is 410. The minimum atomic E-state index is 0.00219. The lowest BCUT2D eigenvalue weighted by atomic mass is 10.1. The minimum Gasteiger partial charge on any atom is -0.392 e. The molecular weight excluding hydrogens is 256 g/mol. The predicted octanol–water partition coefficient (Wildman–Crippen LogP) is 1.68. The molecule has 0 aliphatic heterocycles. The normalized spacial score (nSPS) is 10.8. The van der Waals surface area contributed by atoms with E-state index in [-0.39, 0.29) is 6.61 Å². The number of rotatable bonds is 9. The molecule has 0 saturated carbocycles. The quantitative estimate of drug-likeness (QED) is 0.698. The van der Waals surface area contributed by atoms with Crippen LogP contribution in [0.2, 0.25) is 0 Å². The Morgan fingerprint density at radius 2 is 1.85 bits per heavy atom. The summed E-state index contributed by atoms with van der Waals surface area (Å²) in [6.45, 7) is 6.91.